The number of nitrogens with two attached hydrogens (primary N) is 1. The van der Waals surface area contributed by atoms with Crippen LogP contribution < -0.4 is 5.73 Å². The molecule has 0 radical (unpaired) electrons. The fourth-order valence-electron chi connectivity index (χ4n) is 2.35. The highest BCUT2D eigenvalue weighted by Crippen LogP contribution is 2.22. The lowest BCUT2D eigenvalue weighted by Crippen LogP contribution is -2.27. The van der Waals surface area contributed by atoms with E-state index >= 15 is 0 Å². The molecule has 1 aromatic rings. The van der Waals surface area contributed by atoms with E-state index < -0.39 is 0 Å². The van der Waals surface area contributed by atoms with Crippen molar-refractivity contribution >= 4 is 0 Å². The zero-order valence-corrected chi connectivity index (χ0v) is 10.2. The highest BCUT2D eigenvalue weighted by molar-refractivity contribution is 5.33. The molecule has 2 nitrogen and oxygen atoms in total. The van der Waals surface area contributed by atoms with Gasteiger partial charge in [0.15, 0.2) is 0 Å². The van der Waals surface area contributed by atoms with Crippen LogP contribution in [0.2, 0.25) is 0 Å². The summed E-state index contributed by atoms with van der Waals surface area (Å²) < 4.78 is 0. The molecule has 0 amide bonds. The number of hydrogen-bond acceptors (Lipinski definition) is 2. The average molecular weight is 218 g/mol. The molecule has 0 saturated heterocycles. The lowest BCUT2D eigenvalue weighted by molar-refractivity contribution is 0.349. The predicted octanol–water partition coefficient (Wildman–Crippen LogP) is 1.96. The molecule has 1 aliphatic rings. The largest absolute Gasteiger partial charge is 0.318 e. The quantitative estimate of drug-likeness (QED) is 0.783. The molecule has 0 spiro atoms. The maximum Gasteiger partial charge on any atom is 0.0452 e. The Labute approximate surface area is 98.4 Å². The fourth-order valence-corrected chi connectivity index (χ4v) is 2.35. The number of fused-ring (bicyclic) bond motifs is 1. The minimum absolute atomic E-state index is 0.644. The van der Waals surface area contributed by atoms with Gasteiger partial charge < -0.3 is 5.73 Å². The molecular formula is C14H22N2. The van der Waals surface area contributed by atoms with Gasteiger partial charge in [0.05, 0.1) is 0 Å². The van der Waals surface area contributed by atoms with Crippen LogP contribution in [0.4, 0.5) is 0 Å². The highest BCUT2D eigenvalue weighted by atomic mass is 15.1. The molecule has 1 aliphatic carbocycles. The number of nitrogens with zero attached hydrogens (tertiary/aromatic N) is 1. The first-order valence-corrected chi connectivity index (χ1v) is 6.29. The van der Waals surface area contributed by atoms with E-state index in [2.05, 4.69) is 30.1 Å². The molecule has 2 heteroatoms. The average Bonchev–Trinajstić information content (AvgIpc) is 2.35. The summed E-state index contributed by atoms with van der Waals surface area (Å²) in [4.78, 5) is 2.15. The number of aryl methyl sites for hydroxylation is 2. The summed E-state index contributed by atoms with van der Waals surface area (Å²) in [5.41, 5.74) is 10.2. The molecule has 2 rings (SSSR count). The third-order valence-corrected chi connectivity index (χ3v) is 3.51. The minimum atomic E-state index is 0.644. The Morgan fingerprint density at radius 2 is 1.94 bits per heavy atom. The summed E-state index contributed by atoms with van der Waals surface area (Å²) in [6.45, 7) is 1.69. The minimum Gasteiger partial charge on any atom is -0.318 e. The number of hydrogen-bond donors (Lipinski definition) is 1. The lowest BCUT2D eigenvalue weighted by Gasteiger charge is -2.18. The Bertz CT molecular complexity index is 347. The van der Waals surface area contributed by atoms with Gasteiger partial charge in [0, 0.05) is 13.2 Å². The van der Waals surface area contributed by atoms with Crippen molar-refractivity contribution in [2.75, 3.05) is 20.3 Å². The topological polar surface area (TPSA) is 29.3 Å². The summed E-state index contributed by atoms with van der Waals surface area (Å²) in [5, 5.41) is 0. The van der Waals surface area contributed by atoms with Gasteiger partial charge in [-0.2, -0.15) is 0 Å². The fraction of sp³-hybridized carbons (Fsp3) is 0.571. The van der Waals surface area contributed by atoms with Gasteiger partial charge in [0.2, 0.25) is 0 Å². The van der Waals surface area contributed by atoms with Crippen LogP contribution in [-0.4, -0.2) is 25.2 Å². The molecule has 0 aromatic heterocycles. The molecule has 0 aliphatic heterocycles. The van der Waals surface area contributed by atoms with Crippen molar-refractivity contribution in [3.05, 3.63) is 34.9 Å². The molecule has 1 aromatic carbocycles. The standard InChI is InChI=1S/C14H22N2/c1-16(11-15)9-8-12-6-7-13-4-2-3-5-14(13)10-12/h6-7,10H,2-5,8-9,11,15H2,1H3. The zero-order valence-electron chi connectivity index (χ0n) is 10.2. The van der Waals surface area contributed by atoms with Crippen LogP contribution in [0.25, 0.3) is 0 Å². The van der Waals surface area contributed by atoms with Crippen molar-refractivity contribution in [3.8, 4) is 0 Å². The second-order valence-corrected chi connectivity index (χ2v) is 4.82. The lowest BCUT2D eigenvalue weighted by atomic mass is 9.90. The molecule has 0 saturated carbocycles. The van der Waals surface area contributed by atoms with Crippen molar-refractivity contribution in [1.82, 2.24) is 4.90 Å². The van der Waals surface area contributed by atoms with Gasteiger partial charge in [0.1, 0.15) is 0 Å². The molecular weight excluding hydrogens is 196 g/mol. The van der Waals surface area contributed by atoms with E-state index in [9.17, 15) is 0 Å². The highest BCUT2D eigenvalue weighted by Gasteiger charge is 2.09. The zero-order chi connectivity index (χ0) is 11.4. The van der Waals surface area contributed by atoms with E-state index in [1.165, 1.54) is 31.2 Å². The Hall–Kier alpha value is -0.860. The summed E-state index contributed by atoms with van der Waals surface area (Å²) >= 11 is 0. The Balaban J connectivity index is 2.00. The summed E-state index contributed by atoms with van der Waals surface area (Å²) in [7, 11) is 2.07. The molecule has 16 heavy (non-hydrogen) atoms. The van der Waals surface area contributed by atoms with Crippen molar-refractivity contribution in [1.29, 1.82) is 0 Å². The van der Waals surface area contributed by atoms with E-state index in [0.29, 0.717) is 6.67 Å². The molecule has 0 atom stereocenters. The van der Waals surface area contributed by atoms with Gasteiger partial charge >= 0.3 is 0 Å². The monoisotopic (exact) mass is 218 g/mol. The summed E-state index contributed by atoms with van der Waals surface area (Å²) in [6.07, 6.45) is 6.39. The Kier molecular flexibility index (Phi) is 3.97. The van der Waals surface area contributed by atoms with E-state index in [1.807, 2.05) is 0 Å². The van der Waals surface area contributed by atoms with Gasteiger partial charge in [-0.05, 0) is 55.8 Å². The van der Waals surface area contributed by atoms with Gasteiger partial charge in [-0.1, -0.05) is 18.2 Å². The molecule has 0 bridgehead atoms. The van der Waals surface area contributed by atoms with E-state index in [1.54, 1.807) is 11.1 Å². The molecule has 0 fully saturated rings. The van der Waals surface area contributed by atoms with Crippen LogP contribution in [0.15, 0.2) is 18.2 Å². The third-order valence-electron chi connectivity index (χ3n) is 3.51. The van der Waals surface area contributed by atoms with Crippen LogP contribution in [0.5, 0.6) is 0 Å². The SMILES string of the molecule is CN(CN)CCc1ccc2c(c1)CCCC2. The van der Waals surface area contributed by atoms with E-state index in [0.717, 1.165) is 13.0 Å². The van der Waals surface area contributed by atoms with Crippen LogP contribution >= 0.6 is 0 Å². The van der Waals surface area contributed by atoms with Gasteiger partial charge in [-0.3, -0.25) is 4.90 Å². The normalized spacial score (nSPS) is 15.2. The van der Waals surface area contributed by atoms with E-state index in [-0.39, 0.29) is 0 Å². The van der Waals surface area contributed by atoms with Crippen LogP contribution in [-0.2, 0) is 19.3 Å². The van der Waals surface area contributed by atoms with Crippen LogP contribution in [0.3, 0.4) is 0 Å². The first kappa shape index (κ1) is 11.6. The van der Waals surface area contributed by atoms with Crippen molar-refractivity contribution in [2.24, 2.45) is 5.73 Å². The number of likely N-dealkylation sites (N-methyl/N-ethyl adjacent to an activating group) is 1. The van der Waals surface area contributed by atoms with Crippen molar-refractivity contribution < 1.29 is 0 Å². The second-order valence-electron chi connectivity index (χ2n) is 4.82. The van der Waals surface area contributed by atoms with Gasteiger partial charge in [-0.15, -0.1) is 0 Å². The van der Waals surface area contributed by atoms with Crippen LogP contribution in [0, 0.1) is 0 Å². The molecule has 0 unspecified atom stereocenters. The first-order valence-electron chi connectivity index (χ1n) is 6.29. The number of benzene rings is 1. The van der Waals surface area contributed by atoms with Gasteiger partial charge in [-0.25, -0.2) is 0 Å². The van der Waals surface area contributed by atoms with Crippen LogP contribution in [0.1, 0.15) is 29.5 Å². The first-order chi connectivity index (χ1) is 7.79. The summed E-state index contributed by atoms with van der Waals surface area (Å²) in [5.74, 6) is 0. The molecule has 2 N–H and O–H groups in total. The maximum atomic E-state index is 5.57. The predicted molar refractivity (Wildman–Crippen MR) is 68.5 cm³/mol. The van der Waals surface area contributed by atoms with E-state index in [4.69, 9.17) is 5.73 Å². The third kappa shape index (κ3) is 2.83. The second kappa shape index (κ2) is 5.46. The van der Waals surface area contributed by atoms with Crippen molar-refractivity contribution in [3.63, 3.8) is 0 Å². The number of rotatable bonds is 4. The maximum absolute atomic E-state index is 5.57. The Morgan fingerprint density at radius 3 is 2.69 bits per heavy atom. The van der Waals surface area contributed by atoms with Crippen molar-refractivity contribution in [2.45, 2.75) is 32.1 Å². The van der Waals surface area contributed by atoms with Gasteiger partial charge in [0.25, 0.3) is 0 Å². The molecule has 88 valence electrons. The Morgan fingerprint density at radius 1 is 1.19 bits per heavy atom. The summed E-state index contributed by atoms with van der Waals surface area (Å²) in [6, 6.07) is 7.01. The molecule has 0 heterocycles. The smallest absolute Gasteiger partial charge is 0.0452 e.